The Morgan fingerprint density at radius 1 is 1.48 bits per heavy atom. The van der Waals surface area contributed by atoms with Gasteiger partial charge < -0.3 is 25.1 Å². The Balaban J connectivity index is 1.66. The van der Waals surface area contributed by atoms with Crippen LogP contribution in [0.1, 0.15) is 15.2 Å². The molecule has 8 heteroatoms. The summed E-state index contributed by atoms with van der Waals surface area (Å²) in [6, 6.07) is 1.80. The minimum atomic E-state index is -0.217. The van der Waals surface area contributed by atoms with Gasteiger partial charge in [0.15, 0.2) is 5.13 Å². The summed E-state index contributed by atoms with van der Waals surface area (Å²) in [6.07, 6.45) is 3.16. The molecule has 1 saturated heterocycles. The Morgan fingerprint density at radius 3 is 3.00 bits per heavy atom. The second-order valence-electron chi connectivity index (χ2n) is 4.62. The standard InChI is InChI=1S/C13H16N4O3S/c14-11-10(12(18)15-7-9-1-4-20-8-9)21-13(16-11)17-2-5-19-6-3-17/h1,4,8H,2-3,5-7,14H2,(H,15,18). The molecule has 0 radical (unpaired) electrons. The number of morpholine rings is 1. The molecule has 21 heavy (non-hydrogen) atoms. The van der Waals surface area contributed by atoms with Gasteiger partial charge in [0.05, 0.1) is 25.7 Å². The third kappa shape index (κ3) is 3.17. The zero-order valence-electron chi connectivity index (χ0n) is 11.4. The van der Waals surface area contributed by atoms with Crippen molar-refractivity contribution in [3.8, 4) is 0 Å². The second-order valence-corrected chi connectivity index (χ2v) is 5.60. The summed E-state index contributed by atoms with van der Waals surface area (Å²) in [5.41, 5.74) is 6.76. The number of thiazole rings is 1. The highest BCUT2D eigenvalue weighted by Crippen LogP contribution is 2.28. The third-order valence-corrected chi connectivity index (χ3v) is 4.29. The maximum atomic E-state index is 12.2. The first-order valence-electron chi connectivity index (χ1n) is 6.62. The molecule has 0 aromatic carbocycles. The highest BCUT2D eigenvalue weighted by atomic mass is 32.1. The SMILES string of the molecule is Nc1nc(N2CCOCC2)sc1C(=O)NCc1ccoc1. The van der Waals surface area contributed by atoms with Crippen LogP contribution < -0.4 is 16.0 Å². The van der Waals surface area contributed by atoms with Crippen molar-refractivity contribution in [2.75, 3.05) is 36.9 Å². The Labute approximate surface area is 125 Å². The lowest BCUT2D eigenvalue weighted by molar-refractivity contribution is 0.0955. The van der Waals surface area contributed by atoms with Crippen LogP contribution in [-0.4, -0.2) is 37.2 Å². The molecule has 0 bridgehead atoms. The van der Waals surface area contributed by atoms with Crippen molar-refractivity contribution in [1.29, 1.82) is 0 Å². The van der Waals surface area contributed by atoms with E-state index in [1.807, 2.05) is 0 Å². The van der Waals surface area contributed by atoms with E-state index in [0.717, 1.165) is 23.8 Å². The summed E-state index contributed by atoms with van der Waals surface area (Å²) in [7, 11) is 0. The molecule has 1 aliphatic heterocycles. The number of amides is 1. The third-order valence-electron chi connectivity index (χ3n) is 3.16. The number of anilines is 2. The number of furan rings is 1. The number of rotatable bonds is 4. The minimum absolute atomic E-state index is 0.217. The summed E-state index contributed by atoms with van der Waals surface area (Å²) < 4.78 is 10.3. The number of aromatic nitrogens is 1. The van der Waals surface area contributed by atoms with Crippen LogP contribution in [-0.2, 0) is 11.3 Å². The summed E-state index contributed by atoms with van der Waals surface area (Å²) in [5.74, 6) is 0.0527. The molecular formula is C13H16N4O3S. The predicted molar refractivity (Wildman–Crippen MR) is 79.4 cm³/mol. The Bertz CT molecular complexity index is 605. The van der Waals surface area contributed by atoms with E-state index in [9.17, 15) is 4.79 Å². The van der Waals surface area contributed by atoms with E-state index in [2.05, 4.69) is 15.2 Å². The van der Waals surface area contributed by atoms with Crippen molar-refractivity contribution >= 4 is 28.2 Å². The topological polar surface area (TPSA) is 93.6 Å². The molecule has 3 N–H and O–H groups in total. The fourth-order valence-electron chi connectivity index (χ4n) is 2.03. The van der Waals surface area contributed by atoms with Crippen molar-refractivity contribution in [2.45, 2.75) is 6.54 Å². The molecule has 0 aliphatic carbocycles. The van der Waals surface area contributed by atoms with E-state index >= 15 is 0 Å². The molecule has 1 amide bonds. The number of nitrogens with zero attached hydrogens (tertiary/aromatic N) is 2. The normalized spacial score (nSPS) is 15.1. The van der Waals surface area contributed by atoms with Gasteiger partial charge in [-0.15, -0.1) is 0 Å². The first kappa shape index (κ1) is 13.9. The van der Waals surface area contributed by atoms with Gasteiger partial charge in [-0.25, -0.2) is 4.98 Å². The van der Waals surface area contributed by atoms with Gasteiger partial charge in [0, 0.05) is 25.2 Å². The lowest BCUT2D eigenvalue weighted by atomic mass is 10.3. The van der Waals surface area contributed by atoms with Crippen molar-refractivity contribution in [1.82, 2.24) is 10.3 Å². The fourth-order valence-corrected chi connectivity index (χ4v) is 2.98. The van der Waals surface area contributed by atoms with Gasteiger partial charge in [0.2, 0.25) is 0 Å². The number of hydrogen-bond donors (Lipinski definition) is 2. The van der Waals surface area contributed by atoms with Gasteiger partial charge in [-0.05, 0) is 6.07 Å². The summed E-state index contributed by atoms with van der Waals surface area (Å²) >= 11 is 1.31. The molecule has 112 valence electrons. The monoisotopic (exact) mass is 308 g/mol. The minimum Gasteiger partial charge on any atom is -0.472 e. The smallest absolute Gasteiger partial charge is 0.265 e. The molecule has 3 rings (SSSR count). The number of nitrogens with two attached hydrogens (primary N) is 1. The number of nitrogens with one attached hydrogen (secondary N) is 1. The van der Waals surface area contributed by atoms with E-state index in [1.165, 1.54) is 11.3 Å². The lowest BCUT2D eigenvalue weighted by Gasteiger charge is -2.25. The molecule has 0 unspecified atom stereocenters. The Morgan fingerprint density at radius 2 is 2.29 bits per heavy atom. The Hall–Kier alpha value is -2.06. The maximum absolute atomic E-state index is 12.2. The number of carbonyl (C=O) groups excluding carboxylic acids is 1. The van der Waals surface area contributed by atoms with E-state index in [1.54, 1.807) is 18.6 Å². The predicted octanol–water partition coefficient (Wildman–Crippen LogP) is 1.08. The van der Waals surface area contributed by atoms with E-state index in [4.69, 9.17) is 14.9 Å². The first-order chi connectivity index (χ1) is 10.2. The lowest BCUT2D eigenvalue weighted by Crippen LogP contribution is -2.36. The van der Waals surface area contributed by atoms with Crippen molar-refractivity contribution in [3.63, 3.8) is 0 Å². The quantitative estimate of drug-likeness (QED) is 0.878. The van der Waals surface area contributed by atoms with Gasteiger partial charge in [0.25, 0.3) is 5.91 Å². The van der Waals surface area contributed by atoms with Crippen LogP contribution in [0.15, 0.2) is 23.0 Å². The van der Waals surface area contributed by atoms with Crippen molar-refractivity contribution in [3.05, 3.63) is 29.0 Å². The highest BCUT2D eigenvalue weighted by Gasteiger charge is 2.20. The number of ether oxygens (including phenoxy) is 1. The highest BCUT2D eigenvalue weighted by molar-refractivity contribution is 7.18. The maximum Gasteiger partial charge on any atom is 0.265 e. The molecule has 1 aliphatic rings. The molecular weight excluding hydrogens is 292 g/mol. The molecule has 1 fully saturated rings. The van der Waals surface area contributed by atoms with Crippen LogP contribution in [0.3, 0.4) is 0 Å². The zero-order chi connectivity index (χ0) is 14.7. The molecule has 2 aromatic rings. The summed E-state index contributed by atoms with van der Waals surface area (Å²) in [6.45, 7) is 3.27. The van der Waals surface area contributed by atoms with Crippen molar-refractivity contribution in [2.24, 2.45) is 0 Å². The zero-order valence-corrected chi connectivity index (χ0v) is 12.2. The molecule has 0 spiro atoms. The average molecular weight is 308 g/mol. The van der Waals surface area contributed by atoms with E-state index in [-0.39, 0.29) is 11.7 Å². The molecule has 2 aromatic heterocycles. The first-order valence-corrected chi connectivity index (χ1v) is 7.44. The van der Waals surface area contributed by atoms with Gasteiger partial charge in [-0.3, -0.25) is 4.79 Å². The van der Waals surface area contributed by atoms with Crippen LogP contribution in [0.25, 0.3) is 0 Å². The van der Waals surface area contributed by atoms with Gasteiger partial charge in [-0.2, -0.15) is 0 Å². The summed E-state index contributed by atoms with van der Waals surface area (Å²) in [4.78, 5) is 19.0. The molecule has 7 nitrogen and oxygen atoms in total. The molecule has 0 saturated carbocycles. The van der Waals surface area contributed by atoms with Crippen LogP contribution in [0, 0.1) is 0 Å². The van der Waals surface area contributed by atoms with Gasteiger partial charge in [0.1, 0.15) is 10.7 Å². The number of carbonyl (C=O) groups is 1. The fraction of sp³-hybridized carbons (Fsp3) is 0.385. The van der Waals surface area contributed by atoms with E-state index < -0.39 is 0 Å². The van der Waals surface area contributed by atoms with Gasteiger partial charge in [-0.1, -0.05) is 11.3 Å². The summed E-state index contributed by atoms with van der Waals surface area (Å²) in [5, 5.41) is 3.57. The van der Waals surface area contributed by atoms with Crippen LogP contribution >= 0.6 is 11.3 Å². The van der Waals surface area contributed by atoms with Crippen LogP contribution in [0.2, 0.25) is 0 Å². The van der Waals surface area contributed by atoms with Gasteiger partial charge >= 0.3 is 0 Å². The average Bonchev–Trinajstić information content (AvgIpc) is 3.15. The Kier molecular flexibility index (Phi) is 4.07. The second kappa shape index (κ2) is 6.15. The molecule has 3 heterocycles. The molecule has 0 atom stereocenters. The number of hydrogen-bond acceptors (Lipinski definition) is 7. The van der Waals surface area contributed by atoms with E-state index in [0.29, 0.717) is 24.6 Å². The number of nitrogen functional groups attached to an aromatic ring is 1. The largest absolute Gasteiger partial charge is 0.472 e. The van der Waals surface area contributed by atoms with Crippen LogP contribution in [0.4, 0.5) is 10.9 Å². The van der Waals surface area contributed by atoms with Crippen LogP contribution in [0.5, 0.6) is 0 Å². The van der Waals surface area contributed by atoms with Crippen molar-refractivity contribution < 1.29 is 13.9 Å².